The van der Waals surface area contributed by atoms with Gasteiger partial charge in [-0.25, -0.2) is 4.79 Å². The zero-order valence-corrected chi connectivity index (χ0v) is 17.2. The zero-order chi connectivity index (χ0) is 19.5. The maximum atomic E-state index is 12.1. The summed E-state index contributed by atoms with van der Waals surface area (Å²) < 4.78 is 11.9. The Morgan fingerprint density at radius 2 is 1.81 bits per heavy atom. The van der Waals surface area contributed by atoms with E-state index in [1.807, 2.05) is 44.2 Å². The summed E-state index contributed by atoms with van der Waals surface area (Å²) in [6, 6.07) is 9.71. The third-order valence-corrected chi connectivity index (χ3v) is 4.48. The minimum Gasteiger partial charge on any atom is -0.445 e. The van der Waals surface area contributed by atoms with Gasteiger partial charge in [0.25, 0.3) is 0 Å². The molecule has 0 fully saturated rings. The van der Waals surface area contributed by atoms with E-state index in [4.69, 9.17) is 9.47 Å². The number of quaternary nitrogens is 1. The molecule has 1 amide bonds. The fraction of sp³-hybridized carbons (Fsp3) is 0.667. The van der Waals surface area contributed by atoms with Crippen molar-refractivity contribution in [3.05, 3.63) is 35.9 Å². The lowest BCUT2D eigenvalue weighted by molar-refractivity contribution is -0.891. The molecule has 0 radical (unpaired) electrons. The fourth-order valence-corrected chi connectivity index (χ4v) is 2.45. The Morgan fingerprint density at radius 3 is 2.46 bits per heavy atom. The molecule has 0 bridgehead atoms. The van der Waals surface area contributed by atoms with Gasteiger partial charge in [0.05, 0.1) is 27.2 Å². The highest BCUT2D eigenvalue weighted by Crippen LogP contribution is 2.13. The molecule has 0 heterocycles. The maximum absolute atomic E-state index is 12.1. The molecule has 0 unspecified atom stereocenters. The topological polar surface area (TPSA) is 47.6 Å². The van der Waals surface area contributed by atoms with Crippen LogP contribution in [-0.2, 0) is 16.1 Å². The van der Waals surface area contributed by atoms with E-state index in [1.54, 1.807) is 0 Å². The van der Waals surface area contributed by atoms with Crippen molar-refractivity contribution in [2.45, 2.75) is 52.2 Å². The Kier molecular flexibility index (Phi) is 9.66. The summed E-state index contributed by atoms with van der Waals surface area (Å²) in [6.07, 6.45) is 2.79. The van der Waals surface area contributed by atoms with Gasteiger partial charge < -0.3 is 19.3 Å². The van der Waals surface area contributed by atoms with Gasteiger partial charge in [0, 0.05) is 18.6 Å². The van der Waals surface area contributed by atoms with Crippen LogP contribution in [0.3, 0.4) is 0 Å². The summed E-state index contributed by atoms with van der Waals surface area (Å²) in [5.41, 5.74) is 0.674. The Morgan fingerprint density at radius 1 is 1.12 bits per heavy atom. The number of amides is 1. The number of hydrogen-bond acceptors (Lipinski definition) is 3. The third-order valence-electron chi connectivity index (χ3n) is 4.48. The van der Waals surface area contributed by atoms with E-state index in [9.17, 15) is 4.79 Å². The normalized spacial score (nSPS) is 12.0. The van der Waals surface area contributed by atoms with Crippen LogP contribution in [0.5, 0.6) is 0 Å². The number of nitrogens with zero attached hydrogens (tertiary/aromatic N) is 1. The average molecular weight is 366 g/mol. The van der Waals surface area contributed by atoms with Gasteiger partial charge in [-0.2, -0.15) is 0 Å². The predicted octanol–water partition coefficient (Wildman–Crippen LogP) is 3.97. The van der Waals surface area contributed by atoms with Gasteiger partial charge >= 0.3 is 6.09 Å². The Bertz CT molecular complexity index is 515. The number of hydrogen-bond donors (Lipinski definition) is 1. The lowest BCUT2D eigenvalue weighted by Gasteiger charge is -2.34. The lowest BCUT2D eigenvalue weighted by Crippen LogP contribution is -2.50. The molecule has 0 aliphatic heterocycles. The molecular formula is C21H37N2O3+. The number of rotatable bonds is 12. The summed E-state index contributed by atoms with van der Waals surface area (Å²) in [7, 11) is 4.40. The van der Waals surface area contributed by atoms with Gasteiger partial charge in [-0.05, 0) is 25.8 Å². The van der Waals surface area contributed by atoms with E-state index < -0.39 is 0 Å². The molecule has 0 atom stereocenters. The lowest BCUT2D eigenvalue weighted by atomic mass is 10.0. The SMILES string of the molecule is CCCCOCC[N+](C)(C)CCC(C)(C)NC(=O)OCc1ccccc1. The summed E-state index contributed by atoms with van der Waals surface area (Å²) in [4.78, 5) is 12.1. The smallest absolute Gasteiger partial charge is 0.407 e. The van der Waals surface area contributed by atoms with Crippen LogP contribution < -0.4 is 5.32 Å². The number of unbranched alkanes of at least 4 members (excludes halogenated alkanes) is 1. The van der Waals surface area contributed by atoms with Crippen molar-refractivity contribution in [1.29, 1.82) is 0 Å². The van der Waals surface area contributed by atoms with Crippen LogP contribution in [0.2, 0.25) is 0 Å². The number of likely N-dealkylation sites (N-methyl/N-ethyl adjacent to an activating group) is 1. The van der Waals surface area contributed by atoms with E-state index >= 15 is 0 Å². The second-order valence-corrected chi connectivity index (χ2v) is 8.17. The van der Waals surface area contributed by atoms with Crippen LogP contribution in [0.25, 0.3) is 0 Å². The van der Waals surface area contributed by atoms with Crippen LogP contribution in [0.1, 0.15) is 45.6 Å². The molecule has 0 aromatic heterocycles. The Balaban J connectivity index is 2.29. The molecule has 0 saturated carbocycles. The molecule has 5 heteroatoms. The molecule has 5 nitrogen and oxygen atoms in total. The van der Waals surface area contributed by atoms with Crippen LogP contribution >= 0.6 is 0 Å². The van der Waals surface area contributed by atoms with Crippen molar-refractivity contribution in [1.82, 2.24) is 5.32 Å². The standard InChI is InChI=1S/C21H36N2O3/c1-6-7-16-25-17-15-23(4,5)14-13-21(2,3)22-20(24)26-18-19-11-9-8-10-12-19/h8-12H,6-7,13-18H2,1-5H3/p+1. The second kappa shape index (κ2) is 11.2. The molecule has 0 aliphatic carbocycles. The summed E-state index contributed by atoms with van der Waals surface area (Å²) >= 11 is 0. The van der Waals surface area contributed by atoms with Crippen molar-refractivity contribution in [3.63, 3.8) is 0 Å². The molecule has 26 heavy (non-hydrogen) atoms. The first-order valence-electron chi connectivity index (χ1n) is 9.63. The fourth-order valence-electron chi connectivity index (χ4n) is 2.45. The molecular weight excluding hydrogens is 328 g/mol. The third kappa shape index (κ3) is 10.4. The number of ether oxygens (including phenoxy) is 2. The van der Waals surface area contributed by atoms with Crippen LogP contribution in [0.4, 0.5) is 4.79 Å². The molecule has 1 N–H and O–H groups in total. The van der Waals surface area contributed by atoms with E-state index in [0.29, 0.717) is 6.61 Å². The van der Waals surface area contributed by atoms with Crippen molar-refractivity contribution in [3.8, 4) is 0 Å². The number of benzene rings is 1. The molecule has 0 spiro atoms. The van der Waals surface area contributed by atoms with Crippen LogP contribution in [0.15, 0.2) is 30.3 Å². The zero-order valence-electron chi connectivity index (χ0n) is 17.2. The number of carbonyl (C=O) groups is 1. The summed E-state index contributed by atoms with van der Waals surface area (Å²) in [6.45, 7) is 10.1. The maximum Gasteiger partial charge on any atom is 0.407 e. The van der Waals surface area contributed by atoms with Crippen molar-refractivity contribution in [2.75, 3.05) is 40.4 Å². The largest absolute Gasteiger partial charge is 0.445 e. The number of carbonyl (C=O) groups excluding carboxylic acids is 1. The summed E-state index contributed by atoms with van der Waals surface area (Å²) in [5.74, 6) is 0. The Labute approximate surface area is 159 Å². The second-order valence-electron chi connectivity index (χ2n) is 8.17. The highest BCUT2D eigenvalue weighted by atomic mass is 16.5. The van der Waals surface area contributed by atoms with Gasteiger partial charge in [0.2, 0.25) is 0 Å². The minimum atomic E-state index is -0.368. The first-order valence-corrected chi connectivity index (χ1v) is 9.63. The van der Waals surface area contributed by atoms with E-state index in [-0.39, 0.29) is 11.6 Å². The monoisotopic (exact) mass is 365 g/mol. The molecule has 1 aromatic carbocycles. The van der Waals surface area contributed by atoms with Gasteiger partial charge in [-0.15, -0.1) is 0 Å². The quantitative estimate of drug-likeness (QED) is 0.450. The molecule has 0 saturated heterocycles. The van der Waals surface area contributed by atoms with Crippen molar-refractivity contribution in [2.24, 2.45) is 0 Å². The molecule has 0 aliphatic rings. The number of nitrogens with one attached hydrogen (secondary N) is 1. The first-order chi connectivity index (χ1) is 12.2. The highest BCUT2D eigenvalue weighted by molar-refractivity contribution is 5.68. The van der Waals surface area contributed by atoms with Crippen molar-refractivity contribution < 1.29 is 18.8 Å². The van der Waals surface area contributed by atoms with E-state index in [0.717, 1.165) is 49.2 Å². The minimum absolute atomic E-state index is 0.291. The van der Waals surface area contributed by atoms with Gasteiger partial charge in [0.1, 0.15) is 13.2 Å². The van der Waals surface area contributed by atoms with E-state index in [2.05, 4.69) is 26.3 Å². The predicted molar refractivity (Wildman–Crippen MR) is 106 cm³/mol. The molecule has 1 aromatic rings. The highest BCUT2D eigenvalue weighted by Gasteiger charge is 2.26. The van der Waals surface area contributed by atoms with Gasteiger partial charge in [-0.1, -0.05) is 43.7 Å². The van der Waals surface area contributed by atoms with Gasteiger partial charge in [0.15, 0.2) is 0 Å². The molecule has 148 valence electrons. The van der Waals surface area contributed by atoms with E-state index in [1.165, 1.54) is 6.42 Å². The summed E-state index contributed by atoms with van der Waals surface area (Å²) in [5, 5.41) is 2.98. The first kappa shape index (κ1) is 22.5. The average Bonchev–Trinajstić information content (AvgIpc) is 2.59. The van der Waals surface area contributed by atoms with Crippen LogP contribution in [-0.4, -0.2) is 56.5 Å². The van der Waals surface area contributed by atoms with Gasteiger partial charge in [-0.3, -0.25) is 0 Å². The van der Waals surface area contributed by atoms with Crippen molar-refractivity contribution >= 4 is 6.09 Å². The van der Waals surface area contributed by atoms with Crippen LogP contribution in [0, 0.1) is 0 Å². The Hall–Kier alpha value is -1.59. The molecule has 1 rings (SSSR count). The number of alkyl carbamates (subject to hydrolysis) is 1.